The van der Waals surface area contributed by atoms with E-state index in [0.717, 1.165) is 17.7 Å². The van der Waals surface area contributed by atoms with Crippen LogP contribution in [0.5, 0.6) is 0 Å². The van der Waals surface area contributed by atoms with E-state index in [2.05, 4.69) is 10.3 Å². The fourth-order valence-corrected chi connectivity index (χ4v) is 2.91. The third-order valence-electron chi connectivity index (χ3n) is 4.93. The van der Waals surface area contributed by atoms with Crippen molar-refractivity contribution in [3.63, 3.8) is 0 Å². The third-order valence-corrected chi connectivity index (χ3v) is 4.93. The maximum atomic E-state index is 13.5. The molecule has 0 fully saturated rings. The van der Waals surface area contributed by atoms with Crippen molar-refractivity contribution in [1.82, 2.24) is 5.32 Å². The molecule has 0 unspecified atom stereocenters. The van der Waals surface area contributed by atoms with E-state index in [9.17, 15) is 18.0 Å². The van der Waals surface area contributed by atoms with Crippen LogP contribution >= 0.6 is 0 Å². The van der Waals surface area contributed by atoms with Gasteiger partial charge in [-0.15, -0.1) is 0 Å². The van der Waals surface area contributed by atoms with Gasteiger partial charge in [-0.1, -0.05) is 50.3 Å². The number of aliphatic imine (C=N–C) groups is 1. The minimum absolute atomic E-state index is 0.0347. The molecule has 0 aliphatic rings. The SMILES string of the molecule is C\C=C/C(=C\C(=C\CC)C(F)(F)F)C(N=C(CNC(=O)N(C)c1ccccc1)OC)=C(C)CC. The van der Waals surface area contributed by atoms with Gasteiger partial charge in [0.05, 0.1) is 24.9 Å². The molecule has 0 saturated heterocycles. The van der Waals surface area contributed by atoms with E-state index in [1.807, 2.05) is 32.0 Å². The molecule has 0 radical (unpaired) electrons. The number of carbonyl (C=O) groups is 1. The molecule has 1 aromatic carbocycles. The minimum Gasteiger partial charge on any atom is -0.483 e. The van der Waals surface area contributed by atoms with Crippen LogP contribution in [0.2, 0.25) is 0 Å². The number of halogens is 3. The quantitative estimate of drug-likeness (QED) is 0.237. The molecule has 0 bridgehead atoms. The van der Waals surface area contributed by atoms with Crippen LogP contribution in [0.15, 0.2) is 82.0 Å². The lowest BCUT2D eigenvalue weighted by Crippen LogP contribution is -2.40. The molecule has 0 saturated carbocycles. The Morgan fingerprint density at radius 1 is 1.21 bits per heavy atom. The molecular formula is C26H34F3N3O2. The molecule has 1 N–H and O–H groups in total. The second kappa shape index (κ2) is 14.1. The zero-order valence-corrected chi connectivity index (χ0v) is 20.7. The van der Waals surface area contributed by atoms with E-state index in [1.165, 1.54) is 12.0 Å². The number of nitrogens with zero attached hydrogens (tertiary/aromatic N) is 2. The molecule has 0 atom stereocenters. The molecule has 1 rings (SSSR count). The number of alkyl halides is 3. The molecule has 0 aliphatic heterocycles. The number of amides is 2. The predicted octanol–water partition coefficient (Wildman–Crippen LogP) is 6.96. The van der Waals surface area contributed by atoms with E-state index in [0.29, 0.717) is 23.4 Å². The fraction of sp³-hybridized carbons (Fsp3) is 0.385. The smallest absolute Gasteiger partial charge is 0.416 e. The van der Waals surface area contributed by atoms with Crippen molar-refractivity contribution in [2.75, 3.05) is 25.6 Å². The number of urea groups is 1. The first-order valence-corrected chi connectivity index (χ1v) is 11.1. The summed E-state index contributed by atoms with van der Waals surface area (Å²) >= 11 is 0. The van der Waals surface area contributed by atoms with E-state index in [1.54, 1.807) is 45.2 Å². The number of rotatable bonds is 9. The number of benzene rings is 1. The number of nitrogens with one attached hydrogen (secondary N) is 1. The van der Waals surface area contributed by atoms with Crippen LogP contribution in [-0.4, -0.2) is 38.8 Å². The number of methoxy groups -OCH3 is 1. The Bertz CT molecular complexity index is 959. The van der Waals surface area contributed by atoms with Gasteiger partial charge < -0.3 is 10.1 Å². The van der Waals surface area contributed by atoms with Gasteiger partial charge in [-0.25, -0.2) is 9.79 Å². The number of carbonyl (C=O) groups excluding carboxylic acids is 1. The van der Waals surface area contributed by atoms with Gasteiger partial charge in [0.1, 0.15) is 0 Å². The molecule has 1 aromatic rings. The Hall–Kier alpha value is -3.29. The summed E-state index contributed by atoms with van der Waals surface area (Å²) in [6.07, 6.45) is 1.81. The van der Waals surface area contributed by atoms with E-state index < -0.39 is 11.7 Å². The lowest BCUT2D eigenvalue weighted by Gasteiger charge is -2.18. The minimum atomic E-state index is -4.49. The molecule has 0 aromatic heterocycles. The van der Waals surface area contributed by atoms with Crippen LogP contribution in [0.4, 0.5) is 23.7 Å². The molecule has 5 nitrogen and oxygen atoms in total. The van der Waals surface area contributed by atoms with E-state index >= 15 is 0 Å². The normalized spacial score (nSPS) is 14.2. The van der Waals surface area contributed by atoms with Crippen molar-refractivity contribution in [3.05, 3.63) is 77.1 Å². The van der Waals surface area contributed by atoms with Crippen molar-refractivity contribution >= 4 is 17.6 Å². The summed E-state index contributed by atoms with van der Waals surface area (Å²) in [6, 6.07) is 8.72. The molecular weight excluding hydrogens is 443 g/mol. The van der Waals surface area contributed by atoms with Gasteiger partial charge in [-0.3, -0.25) is 4.90 Å². The standard InChI is InChI=1S/C26H34F3N3O2/c1-7-13-20(17-21(14-8-2)26(27,28)29)24(19(4)9-3)31-23(34-6)18-30-25(33)32(5)22-15-11-10-12-16-22/h7,10-17H,8-9,18H2,1-6H3,(H,30,33)/b13-7-,20-17+,21-14-,24-19?,31-23?. The first-order valence-electron chi connectivity index (χ1n) is 11.1. The highest BCUT2D eigenvalue weighted by Gasteiger charge is 2.32. The average molecular weight is 478 g/mol. The topological polar surface area (TPSA) is 53.9 Å². The summed E-state index contributed by atoms with van der Waals surface area (Å²) in [5.41, 5.74) is 1.43. The van der Waals surface area contributed by atoms with Crippen molar-refractivity contribution in [2.45, 2.75) is 46.7 Å². The highest BCUT2D eigenvalue weighted by atomic mass is 19.4. The molecule has 2 amide bonds. The summed E-state index contributed by atoms with van der Waals surface area (Å²) in [6.45, 7) is 7.05. The van der Waals surface area contributed by atoms with Crippen molar-refractivity contribution in [1.29, 1.82) is 0 Å². The molecule has 0 aliphatic carbocycles. The second-order valence-corrected chi connectivity index (χ2v) is 7.41. The van der Waals surface area contributed by atoms with Crippen LogP contribution in [0, 0.1) is 0 Å². The van der Waals surface area contributed by atoms with Crippen LogP contribution in [0.25, 0.3) is 0 Å². The lowest BCUT2D eigenvalue weighted by atomic mass is 10.0. The van der Waals surface area contributed by atoms with Crippen molar-refractivity contribution < 1.29 is 22.7 Å². The first kappa shape index (κ1) is 28.7. The fourth-order valence-electron chi connectivity index (χ4n) is 2.91. The van der Waals surface area contributed by atoms with Crippen molar-refractivity contribution in [3.8, 4) is 0 Å². The Labute approximate surface area is 200 Å². The number of ether oxygens (including phenoxy) is 1. The summed E-state index contributed by atoms with van der Waals surface area (Å²) in [4.78, 5) is 18.5. The van der Waals surface area contributed by atoms with E-state index in [4.69, 9.17) is 4.74 Å². The third kappa shape index (κ3) is 8.92. The van der Waals surface area contributed by atoms with Crippen LogP contribution in [0.3, 0.4) is 0 Å². The average Bonchev–Trinajstić information content (AvgIpc) is 2.82. The Morgan fingerprint density at radius 3 is 2.35 bits per heavy atom. The van der Waals surface area contributed by atoms with Gasteiger partial charge in [0.15, 0.2) is 0 Å². The van der Waals surface area contributed by atoms with Gasteiger partial charge in [0, 0.05) is 18.3 Å². The second-order valence-electron chi connectivity index (χ2n) is 7.41. The highest BCUT2D eigenvalue weighted by molar-refractivity contribution is 5.94. The molecule has 0 heterocycles. The lowest BCUT2D eigenvalue weighted by molar-refractivity contribution is -0.0884. The maximum Gasteiger partial charge on any atom is 0.416 e. The summed E-state index contributed by atoms with van der Waals surface area (Å²) in [5.74, 6) is 0.168. The summed E-state index contributed by atoms with van der Waals surface area (Å²) < 4.78 is 46.0. The monoisotopic (exact) mass is 477 g/mol. The highest BCUT2D eigenvalue weighted by Crippen LogP contribution is 2.31. The number of hydrogen-bond acceptors (Lipinski definition) is 3. The molecule has 0 spiro atoms. The van der Waals surface area contributed by atoms with Crippen LogP contribution in [-0.2, 0) is 4.74 Å². The van der Waals surface area contributed by atoms with Crippen LogP contribution in [0.1, 0.15) is 40.5 Å². The van der Waals surface area contributed by atoms with Gasteiger partial charge in [0.25, 0.3) is 0 Å². The number of para-hydroxylation sites is 1. The molecule has 8 heteroatoms. The van der Waals surface area contributed by atoms with Gasteiger partial charge >= 0.3 is 12.2 Å². The Morgan fingerprint density at radius 2 is 1.85 bits per heavy atom. The Balaban J connectivity index is 3.31. The zero-order valence-electron chi connectivity index (χ0n) is 20.7. The number of hydrogen-bond donors (Lipinski definition) is 1. The largest absolute Gasteiger partial charge is 0.483 e. The molecule has 34 heavy (non-hydrogen) atoms. The zero-order chi connectivity index (χ0) is 25.7. The predicted molar refractivity (Wildman–Crippen MR) is 133 cm³/mol. The van der Waals surface area contributed by atoms with Crippen LogP contribution < -0.4 is 10.2 Å². The Kier molecular flexibility index (Phi) is 11.9. The van der Waals surface area contributed by atoms with Gasteiger partial charge in [-0.05, 0) is 50.5 Å². The first-order chi connectivity index (χ1) is 16.1. The maximum absolute atomic E-state index is 13.5. The number of anilines is 1. The van der Waals surface area contributed by atoms with Crippen molar-refractivity contribution in [2.24, 2.45) is 4.99 Å². The van der Waals surface area contributed by atoms with Gasteiger partial charge in [0.2, 0.25) is 5.90 Å². The van der Waals surface area contributed by atoms with E-state index in [-0.39, 0.29) is 24.9 Å². The summed E-state index contributed by atoms with van der Waals surface area (Å²) in [7, 11) is 3.04. The van der Waals surface area contributed by atoms with Gasteiger partial charge in [-0.2, -0.15) is 13.2 Å². The number of allylic oxidation sites excluding steroid dienone is 6. The summed E-state index contributed by atoms with van der Waals surface area (Å²) in [5, 5.41) is 2.73. The molecule has 186 valence electrons.